The van der Waals surface area contributed by atoms with Crippen molar-refractivity contribution in [3.63, 3.8) is 0 Å². The number of carboxylic acids is 1. The van der Waals surface area contributed by atoms with Gasteiger partial charge in [-0.05, 0) is 17.7 Å². The van der Waals surface area contributed by atoms with E-state index in [-0.39, 0.29) is 11.3 Å². The zero-order chi connectivity index (χ0) is 10.6. The van der Waals surface area contributed by atoms with Gasteiger partial charge in [0.2, 0.25) is 0 Å². The van der Waals surface area contributed by atoms with Crippen LogP contribution in [0, 0.1) is 0 Å². The van der Waals surface area contributed by atoms with Crippen LogP contribution in [-0.4, -0.2) is 22.2 Å². The second kappa shape index (κ2) is 4.91. The van der Waals surface area contributed by atoms with Gasteiger partial charge in [-0.3, -0.25) is 4.79 Å². The largest absolute Gasteiger partial charge is 0.478 e. The average Bonchev–Trinajstić information content (AvgIpc) is 2.18. The van der Waals surface area contributed by atoms with Crippen LogP contribution >= 0.6 is 15.9 Å². The summed E-state index contributed by atoms with van der Waals surface area (Å²) in [5, 5.41) is 8.96. The summed E-state index contributed by atoms with van der Waals surface area (Å²) in [4.78, 5) is 21.6. The molecule has 0 atom stereocenters. The fourth-order valence-corrected chi connectivity index (χ4v) is 1.24. The van der Waals surface area contributed by atoms with Gasteiger partial charge in [0.25, 0.3) is 0 Å². The lowest BCUT2D eigenvalue weighted by molar-refractivity contribution is -0.115. The molecule has 3 nitrogen and oxygen atoms in total. The molecule has 0 aliphatic heterocycles. The molecule has 4 heteroatoms. The molecule has 0 saturated heterocycles. The molecule has 0 heterocycles. The number of hydrogen-bond acceptors (Lipinski definition) is 2. The molecule has 0 unspecified atom stereocenters. The number of carbonyl (C=O) groups excluding carboxylic acids is 1. The van der Waals surface area contributed by atoms with E-state index >= 15 is 0 Å². The van der Waals surface area contributed by atoms with E-state index in [9.17, 15) is 9.59 Å². The van der Waals surface area contributed by atoms with Gasteiger partial charge in [-0.1, -0.05) is 28.1 Å². The van der Waals surface area contributed by atoms with Crippen molar-refractivity contribution >= 4 is 27.7 Å². The third-order valence-corrected chi connectivity index (χ3v) is 2.38. The molecular weight excluding hydrogens is 248 g/mol. The van der Waals surface area contributed by atoms with Gasteiger partial charge in [0, 0.05) is 6.42 Å². The number of carbonyl (C=O) groups is 2. The molecule has 0 aliphatic carbocycles. The number of rotatable bonds is 4. The predicted octanol–water partition coefficient (Wildman–Crippen LogP) is 1.89. The highest BCUT2D eigenvalue weighted by atomic mass is 79.9. The van der Waals surface area contributed by atoms with E-state index in [1.54, 1.807) is 12.1 Å². The van der Waals surface area contributed by atoms with Crippen LogP contribution in [-0.2, 0) is 11.2 Å². The Bertz CT molecular complexity index is 343. The maximum atomic E-state index is 11.0. The Labute approximate surface area is 89.9 Å². The van der Waals surface area contributed by atoms with Gasteiger partial charge in [0.05, 0.1) is 10.9 Å². The maximum Gasteiger partial charge on any atom is 0.335 e. The van der Waals surface area contributed by atoms with Crippen molar-refractivity contribution < 1.29 is 14.7 Å². The Balaban J connectivity index is 2.73. The van der Waals surface area contributed by atoms with Gasteiger partial charge in [-0.25, -0.2) is 4.79 Å². The number of halogens is 1. The monoisotopic (exact) mass is 256 g/mol. The van der Waals surface area contributed by atoms with E-state index in [2.05, 4.69) is 15.9 Å². The number of hydrogen-bond donors (Lipinski definition) is 1. The van der Waals surface area contributed by atoms with Gasteiger partial charge in [0.1, 0.15) is 5.78 Å². The standard InChI is InChI=1S/C10H9BrO3/c11-6-9(12)5-7-1-3-8(4-2-7)10(13)14/h1-4H,5-6H2,(H,13,14). The lowest BCUT2D eigenvalue weighted by Crippen LogP contribution is -2.04. The summed E-state index contributed by atoms with van der Waals surface area (Å²) in [5.74, 6) is -0.878. The first-order valence-electron chi connectivity index (χ1n) is 4.03. The number of carboxylic acid groups (broad SMARTS) is 1. The number of ketones is 1. The minimum Gasteiger partial charge on any atom is -0.478 e. The summed E-state index contributed by atoms with van der Waals surface area (Å²) in [7, 11) is 0. The summed E-state index contributed by atoms with van der Waals surface area (Å²) in [6.45, 7) is 0. The first-order valence-corrected chi connectivity index (χ1v) is 5.15. The third-order valence-electron chi connectivity index (χ3n) is 1.75. The molecule has 1 aromatic rings. The molecule has 0 radical (unpaired) electrons. The Kier molecular flexibility index (Phi) is 3.83. The van der Waals surface area contributed by atoms with E-state index in [1.807, 2.05) is 0 Å². The van der Waals surface area contributed by atoms with Crippen LogP contribution in [0.15, 0.2) is 24.3 Å². The molecule has 0 fully saturated rings. The quantitative estimate of drug-likeness (QED) is 0.838. The topological polar surface area (TPSA) is 54.4 Å². The maximum absolute atomic E-state index is 11.0. The summed E-state index contributed by atoms with van der Waals surface area (Å²) >= 11 is 3.07. The molecule has 14 heavy (non-hydrogen) atoms. The van der Waals surface area contributed by atoms with Crippen LogP contribution < -0.4 is 0 Å². The highest BCUT2D eigenvalue weighted by Gasteiger charge is 2.04. The van der Waals surface area contributed by atoms with Crippen molar-refractivity contribution in [2.24, 2.45) is 0 Å². The minimum absolute atomic E-state index is 0.0769. The number of benzene rings is 1. The second-order valence-electron chi connectivity index (χ2n) is 2.85. The predicted molar refractivity (Wildman–Crippen MR) is 55.9 cm³/mol. The lowest BCUT2D eigenvalue weighted by Gasteiger charge is -1.99. The van der Waals surface area contributed by atoms with Gasteiger partial charge < -0.3 is 5.11 Å². The van der Waals surface area contributed by atoms with Crippen LogP contribution in [0.5, 0.6) is 0 Å². The third kappa shape index (κ3) is 2.96. The van der Waals surface area contributed by atoms with Crippen molar-refractivity contribution in [3.8, 4) is 0 Å². The molecule has 1 aromatic carbocycles. The number of aromatic carboxylic acids is 1. The van der Waals surface area contributed by atoms with E-state index in [0.717, 1.165) is 5.56 Å². The Morgan fingerprint density at radius 1 is 1.21 bits per heavy atom. The molecule has 74 valence electrons. The SMILES string of the molecule is O=C(CBr)Cc1ccc(C(=O)O)cc1. The normalized spacial score (nSPS) is 9.79. The molecule has 0 spiro atoms. The van der Waals surface area contributed by atoms with E-state index < -0.39 is 5.97 Å². The van der Waals surface area contributed by atoms with Crippen LogP contribution in [0.3, 0.4) is 0 Å². The fraction of sp³-hybridized carbons (Fsp3) is 0.200. The van der Waals surface area contributed by atoms with Gasteiger partial charge >= 0.3 is 5.97 Å². The molecule has 0 aromatic heterocycles. The summed E-state index contributed by atoms with van der Waals surface area (Å²) in [6, 6.07) is 6.31. The van der Waals surface area contributed by atoms with Crippen LogP contribution in [0.1, 0.15) is 15.9 Å². The first-order chi connectivity index (χ1) is 6.63. The first kappa shape index (κ1) is 10.9. The van der Waals surface area contributed by atoms with Crippen LogP contribution in [0.25, 0.3) is 0 Å². The molecule has 0 amide bonds. The Morgan fingerprint density at radius 2 is 1.79 bits per heavy atom. The average molecular weight is 257 g/mol. The van der Waals surface area contributed by atoms with Crippen molar-refractivity contribution in [1.29, 1.82) is 0 Å². The van der Waals surface area contributed by atoms with Gasteiger partial charge in [0.15, 0.2) is 0 Å². The zero-order valence-electron chi connectivity index (χ0n) is 7.37. The zero-order valence-corrected chi connectivity index (χ0v) is 8.95. The molecule has 0 saturated carbocycles. The number of Topliss-reactive ketones (excluding diaryl/α,β-unsaturated/α-hetero) is 1. The van der Waals surface area contributed by atoms with Crippen molar-refractivity contribution in [2.75, 3.05) is 5.33 Å². The van der Waals surface area contributed by atoms with Crippen molar-refractivity contribution in [3.05, 3.63) is 35.4 Å². The van der Waals surface area contributed by atoms with Crippen LogP contribution in [0.2, 0.25) is 0 Å². The minimum atomic E-state index is -0.955. The molecule has 0 aliphatic rings. The van der Waals surface area contributed by atoms with Crippen molar-refractivity contribution in [2.45, 2.75) is 6.42 Å². The smallest absolute Gasteiger partial charge is 0.335 e. The van der Waals surface area contributed by atoms with E-state index in [4.69, 9.17) is 5.11 Å². The lowest BCUT2D eigenvalue weighted by atomic mass is 10.1. The Morgan fingerprint density at radius 3 is 2.21 bits per heavy atom. The molecular formula is C10H9BrO3. The molecule has 0 bridgehead atoms. The van der Waals surface area contributed by atoms with Gasteiger partial charge in [-0.15, -0.1) is 0 Å². The number of alkyl halides is 1. The van der Waals surface area contributed by atoms with Gasteiger partial charge in [-0.2, -0.15) is 0 Å². The molecule has 1 rings (SSSR count). The summed E-state index contributed by atoms with van der Waals surface area (Å²) < 4.78 is 0. The van der Waals surface area contributed by atoms with E-state index in [1.165, 1.54) is 12.1 Å². The van der Waals surface area contributed by atoms with Crippen molar-refractivity contribution in [1.82, 2.24) is 0 Å². The summed E-state index contributed by atoms with van der Waals surface area (Å²) in [5.41, 5.74) is 1.07. The highest BCUT2D eigenvalue weighted by Crippen LogP contribution is 2.06. The fourth-order valence-electron chi connectivity index (χ4n) is 1.04. The summed E-state index contributed by atoms with van der Waals surface area (Å²) in [6.07, 6.45) is 0.338. The highest BCUT2D eigenvalue weighted by molar-refractivity contribution is 9.09. The second-order valence-corrected chi connectivity index (χ2v) is 3.41. The van der Waals surface area contributed by atoms with E-state index in [0.29, 0.717) is 11.8 Å². The Hall–Kier alpha value is -1.16. The molecule has 1 N–H and O–H groups in total. The van der Waals surface area contributed by atoms with Crippen LogP contribution in [0.4, 0.5) is 0 Å².